The summed E-state index contributed by atoms with van der Waals surface area (Å²) in [6.45, 7) is 0.657. The normalized spacial score (nSPS) is 10.3. The summed E-state index contributed by atoms with van der Waals surface area (Å²) < 4.78 is 22.2. The lowest BCUT2D eigenvalue weighted by Gasteiger charge is -2.14. The van der Waals surface area contributed by atoms with E-state index in [2.05, 4.69) is 0 Å². The van der Waals surface area contributed by atoms with Crippen LogP contribution in [0.4, 0.5) is 0 Å². The van der Waals surface area contributed by atoms with Crippen LogP contribution in [0.1, 0.15) is 21.5 Å². The molecule has 0 aromatic heterocycles. The fourth-order valence-electron chi connectivity index (χ4n) is 2.66. The molecule has 0 spiro atoms. The highest BCUT2D eigenvalue weighted by Gasteiger charge is 2.11. The molecule has 0 heterocycles. The van der Waals surface area contributed by atoms with Crippen molar-refractivity contribution in [2.75, 3.05) is 14.2 Å². The molecule has 2 N–H and O–H groups in total. The molecular formula is C23H23NO5. The summed E-state index contributed by atoms with van der Waals surface area (Å²) in [6.07, 6.45) is 0. The number of carbonyl (C=O) groups excluding carboxylic acids is 1. The smallest absolute Gasteiger partial charge is 0.248 e. The highest BCUT2D eigenvalue weighted by Crippen LogP contribution is 2.30. The van der Waals surface area contributed by atoms with Crippen LogP contribution in [-0.2, 0) is 13.2 Å². The third-order valence-electron chi connectivity index (χ3n) is 4.34. The van der Waals surface area contributed by atoms with Crippen LogP contribution >= 0.6 is 0 Å². The lowest BCUT2D eigenvalue weighted by atomic mass is 10.2. The first-order valence-corrected chi connectivity index (χ1v) is 9.04. The second-order valence-electron chi connectivity index (χ2n) is 6.30. The Morgan fingerprint density at radius 1 is 0.724 bits per heavy atom. The molecule has 0 radical (unpaired) electrons. The second-order valence-corrected chi connectivity index (χ2v) is 6.30. The van der Waals surface area contributed by atoms with Crippen LogP contribution in [0.2, 0.25) is 0 Å². The third-order valence-corrected chi connectivity index (χ3v) is 4.34. The molecule has 0 aliphatic heterocycles. The topological polar surface area (TPSA) is 80.0 Å². The van der Waals surface area contributed by atoms with Gasteiger partial charge in [0, 0.05) is 5.56 Å². The molecule has 150 valence electrons. The minimum Gasteiger partial charge on any atom is -0.497 e. The van der Waals surface area contributed by atoms with Crippen molar-refractivity contribution in [3.8, 4) is 23.0 Å². The number of hydrogen-bond donors (Lipinski definition) is 1. The van der Waals surface area contributed by atoms with Crippen molar-refractivity contribution in [1.29, 1.82) is 0 Å². The monoisotopic (exact) mass is 393 g/mol. The largest absolute Gasteiger partial charge is 0.497 e. The van der Waals surface area contributed by atoms with Gasteiger partial charge in [-0.3, -0.25) is 4.79 Å². The molecule has 0 unspecified atom stereocenters. The van der Waals surface area contributed by atoms with E-state index in [1.807, 2.05) is 48.5 Å². The Morgan fingerprint density at radius 2 is 1.21 bits per heavy atom. The highest BCUT2D eigenvalue weighted by atomic mass is 16.5. The molecule has 6 heteroatoms. The molecule has 0 atom stereocenters. The molecule has 0 saturated heterocycles. The molecule has 29 heavy (non-hydrogen) atoms. The minimum absolute atomic E-state index is 0.311. The zero-order valence-corrected chi connectivity index (χ0v) is 16.4. The third kappa shape index (κ3) is 5.42. The van der Waals surface area contributed by atoms with Crippen molar-refractivity contribution in [3.05, 3.63) is 83.4 Å². The van der Waals surface area contributed by atoms with Gasteiger partial charge in [0.2, 0.25) is 5.91 Å². The van der Waals surface area contributed by atoms with Crippen molar-refractivity contribution in [1.82, 2.24) is 0 Å². The maximum absolute atomic E-state index is 11.5. The van der Waals surface area contributed by atoms with E-state index >= 15 is 0 Å². The number of primary amides is 1. The van der Waals surface area contributed by atoms with Gasteiger partial charge in [-0.1, -0.05) is 24.3 Å². The molecule has 3 aromatic rings. The SMILES string of the molecule is COc1ccc(COc2ccc(C(N)=O)cc2OCc2ccc(OC)cc2)cc1. The number of carbonyl (C=O) groups is 1. The summed E-state index contributed by atoms with van der Waals surface area (Å²) in [5.41, 5.74) is 7.69. The van der Waals surface area contributed by atoms with Crippen molar-refractivity contribution >= 4 is 5.91 Å². The summed E-state index contributed by atoms with van der Waals surface area (Å²) >= 11 is 0. The van der Waals surface area contributed by atoms with Gasteiger partial charge in [-0.05, 0) is 53.6 Å². The molecule has 0 saturated carbocycles. The van der Waals surface area contributed by atoms with Crippen LogP contribution in [0.5, 0.6) is 23.0 Å². The Morgan fingerprint density at radius 3 is 1.66 bits per heavy atom. The molecule has 3 aromatic carbocycles. The molecule has 0 aliphatic rings. The van der Waals surface area contributed by atoms with Crippen molar-refractivity contribution in [2.24, 2.45) is 5.73 Å². The first kappa shape index (κ1) is 20.1. The van der Waals surface area contributed by atoms with Crippen molar-refractivity contribution in [3.63, 3.8) is 0 Å². The average Bonchev–Trinajstić information content (AvgIpc) is 2.77. The highest BCUT2D eigenvalue weighted by molar-refractivity contribution is 5.93. The number of hydrogen-bond acceptors (Lipinski definition) is 5. The van der Waals surface area contributed by atoms with Gasteiger partial charge < -0.3 is 24.7 Å². The standard InChI is InChI=1S/C23H23NO5/c1-26-19-8-3-16(4-9-19)14-28-21-12-7-18(23(24)25)13-22(21)29-15-17-5-10-20(27-2)11-6-17/h3-13H,14-15H2,1-2H3,(H2,24,25). The Balaban J connectivity index is 1.73. The Bertz CT molecular complexity index is 952. The van der Waals surface area contributed by atoms with Gasteiger partial charge in [-0.2, -0.15) is 0 Å². The summed E-state index contributed by atoms with van der Waals surface area (Å²) in [5, 5.41) is 0. The number of nitrogens with two attached hydrogens (primary N) is 1. The van der Waals surface area contributed by atoms with Crippen LogP contribution in [0.15, 0.2) is 66.7 Å². The number of methoxy groups -OCH3 is 2. The van der Waals surface area contributed by atoms with Gasteiger partial charge in [-0.25, -0.2) is 0 Å². The molecule has 0 fully saturated rings. The maximum atomic E-state index is 11.5. The predicted octanol–water partition coefficient (Wildman–Crippen LogP) is 3.96. The van der Waals surface area contributed by atoms with Crippen LogP contribution in [0, 0.1) is 0 Å². The van der Waals surface area contributed by atoms with Gasteiger partial charge in [0.05, 0.1) is 14.2 Å². The van der Waals surface area contributed by atoms with Gasteiger partial charge in [0.25, 0.3) is 0 Å². The zero-order chi connectivity index (χ0) is 20.6. The minimum atomic E-state index is -0.527. The quantitative estimate of drug-likeness (QED) is 0.595. The first-order chi connectivity index (χ1) is 14.1. The van der Waals surface area contributed by atoms with Gasteiger partial charge in [-0.15, -0.1) is 0 Å². The van der Waals surface area contributed by atoms with E-state index in [-0.39, 0.29) is 0 Å². The van der Waals surface area contributed by atoms with Gasteiger partial charge >= 0.3 is 0 Å². The number of rotatable bonds is 9. The molecular weight excluding hydrogens is 370 g/mol. The second kappa shape index (κ2) is 9.50. The Kier molecular flexibility index (Phi) is 6.58. The lowest BCUT2D eigenvalue weighted by Crippen LogP contribution is -2.11. The van der Waals surface area contributed by atoms with Crippen LogP contribution < -0.4 is 24.7 Å². The molecule has 0 aliphatic carbocycles. The number of amides is 1. The van der Waals surface area contributed by atoms with Gasteiger partial charge in [0.1, 0.15) is 24.7 Å². The van der Waals surface area contributed by atoms with E-state index in [0.29, 0.717) is 30.3 Å². The van der Waals surface area contributed by atoms with Crippen LogP contribution in [0.3, 0.4) is 0 Å². The average molecular weight is 393 g/mol. The van der Waals surface area contributed by atoms with Crippen LogP contribution in [-0.4, -0.2) is 20.1 Å². The number of benzene rings is 3. The fraction of sp³-hybridized carbons (Fsp3) is 0.174. The molecule has 6 nitrogen and oxygen atoms in total. The van der Waals surface area contributed by atoms with E-state index in [1.165, 1.54) is 0 Å². The molecule has 1 amide bonds. The predicted molar refractivity (Wildman–Crippen MR) is 110 cm³/mol. The summed E-state index contributed by atoms with van der Waals surface area (Å²) in [7, 11) is 3.24. The van der Waals surface area contributed by atoms with Gasteiger partial charge in [0.15, 0.2) is 11.5 Å². The van der Waals surface area contributed by atoms with E-state index in [4.69, 9.17) is 24.7 Å². The summed E-state index contributed by atoms with van der Waals surface area (Å²) in [6, 6.07) is 20.0. The summed E-state index contributed by atoms with van der Waals surface area (Å²) in [4.78, 5) is 11.5. The van der Waals surface area contributed by atoms with E-state index in [9.17, 15) is 4.79 Å². The molecule has 0 bridgehead atoms. The van der Waals surface area contributed by atoms with Crippen LogP contribution in [0.25, 0.3) is 0 Å². The van der Waals surface area contributed by atoms with Crippen molar-refractivity contribution < 1.29 is 23.7 Å². The zero-order valence-electron chi connectivity index (χ0n) is 16.4. The first-order valence-electron chi connectivity index (χ1n) is 9.04. The van der Waals surface area contributed by atoms with E-state index in [1.54, 1.807) is 32.4 Å². The fourth-order valence-corrected chi connectivity index (χ4v) is 2.66. The maximum Gasteiger partial charge on any atom is 0.248 e. The van der Waals surface area contributed by atoms with E-state index < -0.39 is 5.91 Å². The lowest BCUT2D eigenvalue weighted by molar-refractivity contribution is 0.0999. The molecule has 3 rings (SSSR count). The summed E-state index contributed by atoms with van der Waals surface area (Å²) in [5.74, 6) is 2.00. The van der Waals surface area contributed by atoms with E-state index in [0.717, 1.165) is 22.6 Å². The number of ether oxygens (including phenoxy) is 4. The van der Waals surface area contributed by atoms with Crippen molar-refractivity contribution in [2.45, 2.75) is 13.2 Å². The Labute approximate surface area is 169 Å². The Hall–Kier alpha value is -3.67.